The normalized spacial score (nSPS) is 21.3. The van der Waals surface area contributed by atoms with Gasteiger partial charge in [0.25, 0.3) is 5.91 Å². The van der Waals surface area contributed by atoms with Gasteiger partial charge in [-0.15, -0.1) is 11.3 Å². The van der Waals surface area contributed by atoms with Crippen LogP contribution in [0.15, 0.2) is 67.8 Å². The van der Waals surface area contributed by atoms with Gasteiger partial charge in [-0.2, -0.15) is 0 Å². The number of fused-ring (bicyclic) bond motifs is 1. The number of imidazole rings is 1. The van der Waals surface area contributed by atoms with E-state index in [0.29, 0.717) is 10.8 Å². The maximum atomic E-state index is 13.2. The highest BCUT2D eigenvalue weighted by Gasteiger charge is 2.50. The zero-order valence-electron chi connectivity index (χ0n) is 19.1. The SMILES string of the molecule is C=CC(=O)N1CCC2(CC(n3c(NC(=O)c4ccc(-c5cncnc5)s4)nc4ccccc43)C2)C1. The summed E-state index contributed by atoms with van der Waals surface area (Å²) >= 11 is 1.40. The van der Waals surface area contributed by atoms with Crippen LogP contribution in [-0.4, -0.2) is 49.3 Å². The second kappa shape index (κ2) is 8.42. The Balaban J connectivity index is 1.24. The molecule has 35 heavy (non-hydrogen) atoms. The van der Waals surface area contributed by atoms with Crippen LogP contribution < -0.4 is 5.32 Å². The fraction of sp³-hybridized carbons (Fsp3) is 0.269. The van der Waals surface area contributed by atoms with Crippen LogP contribution in [-0.2, 0) is 4.79 Å². The zero-order chi connectivity index (χ0) is 24.0. The topological polar surface area (TPSA) is 93.0 Å². The molecule has 9 heteroatoms. The number of likely N-dealkylation sites (tertiary alicyclic amines) is 1. The number of amides is 2. The Hall–Kier alpha value is -3.85. The maximum absolute atomic E-state index is 13.2. The Labute approximate surface area is 206 Å². The molecule has 1 N–H and O–H groups in total. The average Bonchev–Trinajstić information content (AvgIpc) is 3.60. The van der Waals surface area contributed by atoms with Crippen LogP contribution in [0.1, 0.15) is 35.0 Å². The monoisotopic (exact) mass is 484 g/mol. The number of nitrogens with one attached hydrogen (secondary N) is 1. The standard InChI is InChI=1S/C26H24N6O2S/c1-2-23(33)31-10-9-26(15-31)11-18(12-26)32-20-6-4-3-5-19(20)29-25(32)30-24(34)22-8-7-21(35-22)17-13-27-16-28-14-17/h2-8,13-14,16,18H,1,9-12,15H2,(H,29,30,34). The third kappa shape index (κ3) is 3.81. The van der Waals surface area contributed by atoms with Gasteiger partial charge < -0.3 is 9.47 Å². The van der Waals surface area contributed by atoms with E-state index >= 15 is 0 Å². The Bertz CT molecular complexity index is 1440. The van der Waals surface area contributed by atoms with Gasteiger partial charge in [0.2, 0.25) is 11.9 Å². The summed E-state index contributed by atoms with van der Waals surface area (Å²) in [6, 6.07) is 11.9. The van der Waals surface area contributed by atoms with Crippen LogP contribution in [0.5, 0.6) is 0 Å². The highest BCUT2D eigenvalue weighted by atomic mass is 32.1. The maximum Gasteiger partial charge on any atom is 0.268 e. The van der Waals surface area contributed by atoms with Gasteiger partial charge in [0, 0.05) is 42.0 Å². The molecule has 8 nitrogen and oxygen atoms in total. The Morgan fingerprint density at radius 1 is 1.14 bits per heavy atom. The molecule has 0 unspecified atom stereocenters. The predicted octanol–water partition coefficient (Wildman–Crippen LogP) is 4.55. The average molecular weight is 485 g/mol. The quantitative estimate of drug-likeness (QED) is 0.420. The number of thiophene rings is 1. The van der Waals surface area contributed by atoms with Crippen LogP contribution in [0.2, 0.25) is 0 Å². The molecule has 2 aliphatic rings. The van der Waals surface area contributed by atoms with E-state index < -0.39 is 0 Å². The molecule has 1 saturated heterocycles. The minimum atomic E-state index is -0.188. The predicted molar refractivity (Wildman–Crippen MR) is 135 cm³/mol. The molecule has 0 radical (unpaired) electrons. The van der Waals surface area contributed by atoms with Crippen LogP contribution in [0.3, 0.4) is 0 Å². The summed E-state index contributed by atoms with van der Waals surface area (Å²) in [5.74, 6) is 0.377. The lowest BCUT2D eigenvalue weighted by Gasteiger charge is -2.46. The van der Waals surface area contributed by atoms with E-state index in [1.807, 2.05) is 41.3 Å². The largest absolute Gasteiger partial charge is 0.339 e. The first kappa shape index (κ1) is 21.7. The third-order valence-corrected chi connectivity index (χ3v) is 8.26. The molecule has 1 saturated carbocycles. The van der Waals surface area contributed by atoms with Gasteiger partial charge in [-0.3, -0.25) is 14.9 Å². The third-order valence-electron chi connectivity index (χ3n) is 7.12. The van der Waals surface area contributed by atoms with Gasteiger partial charge in [0.1, 0.15) is 6.33 Å². The molecule has 1 spiro atoms. The fourth-order valence-corrected chi connectivity index (χ4v) is 6.29. The van der Waals surface area contributed by atoms with Crippen LogP contribution in [0, 0.1) is 5.41 Å². The molecule has 1 aliphatic carbocycles. The van der Waals surface area contributed by atoms with Crippen molar-refractivity contribution in [2.45, 2.75) is 25.3 Å². The van der Waals surface area contributed by atoms with E-state index in [1.165, 1.54) is 23.7 Å². The second-order valence-electron chi connectivity index (χ2n) is 9.32. The van der Waals surface area contributed by atoms with Crippen molar-refractivity contribution >= 4 is 40.1 Å². The fourth-order valence-electron chi connectivity index (χ4n) is 5.41. The molecule has 4 heterocycles. The van der Waals surface area contributed by atoms with E-state index in [-0.39, 0.29) is 23.3 Å². The van der Waals surface area contributed by atoms with Crippen LogP contribution >= 0.6 is 11.3 Å². The van der Waals surface area contributed by atoms with Crippen molar-refractivity contribution < 1.29 is 9.59 Å². The number of benzene rings is 1. The molecule has 2 amide bonds. The lowest BCUT2D eigenvalue weighted by atomic mass is 9.65. The zero-order valence-corrected chi connectivity index (χ0v) is 19.9. The van der Waals surface area contributed by atoms with Gasteiger partial charge in [0.15, 0.2) is 0 Å². The number of anilines is 1. The molecular formula is C26H24N6O2S. The van der Waals surface area contributed by atoms with Gasteiger partial charge in [-0.1, -0.05) is 18.7 Å². The number of nitrogens with zero attached hydrogens (tertiary/aromatic N) is 5. The number of aromatic nitrogens is 4. The first-order valence-corrected chi connectivity index (χ1v) is 12.4. The Morgan fingerprint density at radius 3 is 2.74 bits per heavy atom. The number of hydrogen-bond donors (Lipinski definition) is 1. The van der Waals surface area contributed by atoms with Crippen molar-refractivity contribution in [2.75, 3.05) is 18.4 Å². The minimum absolute atomic E-state index is 0.00346. The summed E-state index contributed by atoms with van der Waals surface area (Å²) in [6.07, 6.45) is 9.26. The summed E-state index contributed by atoms with van der Waals surface area (Å²) in [7, 11) is 0. The van der Waals surface area contributed by atoms with E-state index in [0.717, 1.165) is 53.8 Å². The Kier molecular flexibility index (Phi) is 5.21. The highest BCUT2D eigenvalue weighted by molar-refractivity contribution is 7.17. The molecule has 0 atom stereocenters. The van der Waals surface area contributed by atoms with Gasteiger partial charge in [0.05, 0.1) is 15.9 Å². The summed E-state index contributed by atoms with van der Waals surface area (Å²) < 4.78 is 2.16. The first-order valence-electron chi connectivity index (χ1n) is 11.6. The van der Waals surface area contributed by atoms with Crippen molar-refractivity contribution in [3.05, 3.63) is 72.7 Å². The van der Waals surface area contributed by atoms with E-state index in [2.05, 4.69) is 26.4 Å². The van der Waals surface area contributed by atoms with Gasteiger partial charge >= 0.3 is 0 Å². The molecule has 176 valence electrons. The lowest BCUT2D eigenvalue weighted by molar-refractivity contribution is -0.125. The first-order chi connectivity index (χ1) is 17.0. The van der Waals surface area contributed by atoms with Crippen LogP contribution in [0.4, 0.5) is 5.95 Å². The van der Waals surface area contributed by atoms with Crippen molar-refractivity contribution in [1.29, 1.82) is 0 Å². The number of carbonyl (C=O) groups excluding carboxylic acids is 2. The Morgan fingerprint density at radius 2 is 1.94 bits per heavy atom. The van der Waals surface area contributed by atoms with Crippen molar-refractivity contribution in [1.82, 2.24) is 24.4 Å². The van der Waals surface area contributed by atoms with Crippen molar-refractivity contribution in [2.24, 2.45) is 5.41 Å². The van der Waals surface area contributed by atoms with Crippen molar-refractivity contribution in [3.8, 4) is 10.4 Å². The highest BCUT2D eigenvalue weighted by Crippen LogP contribution is 2.55. The summed E-state index contributed by atoms with van der Waals surface area (Å²) in [5.41, 5.74) is 2.88. The smallest absolute Gasteiger partial charge is 0.268 e. The van der Waals surface area contributed by atoms with Gasteiger partial charge in [-0.25, -0.2) is 15.0 Å². The van der Waals surface area contributed by atoms with Crippen molar-refractivity contribution in [3.63, 3.8) is 0 Å². The van der Waals surface area contributed by atoms with Gasteiger partial charge in [-0.05, 0) is 55.0 Å². The van der Waals surface area contributed by atoms with E-state index in [9.17, 15) is 9.59 Å². The molecule has 0 bridgehead atoms. The number of para-hydroxylation sites is 2. The molecule has 4 aromatic rings. The van der Waals surface area contributed by atoms with E-state index in [1.54, 1.807) is 12.4 Å². The minimum Gasteiger partial charge on any atom is -0.339 e. The molecular weight excluding hydrogens is 460 g/mol. The second-order valence-corrected chi connectivity index (χ2v) is 10.4. The summed E-state index contributed by atoms with van der Waals surface area (Å²) in [5, 5.41) is 3.06. The molecule has 6 rings (SSSR count). The molecule has 1 aliphatic heterocycles. The van der Waals surface area contributed by atoms with E-state index in [4.69, 9.17) is 4.98 Å². The number of hydrogen-bond acceptors (Lipinski definition) is 6. The number of rotatable bonds is 5. The van der Waals surface area contributed by atoms with Crippen LogP contribution in [0.25, 0.3) is 21.5 Å². The molecule has 1 aromatic carbocycles. The molecule has 2 fully saturated rings. The molecule has 3 aromatic heterocycles. The lowest BCUT2D eigenvalue weighted by Crippen LogP contribution is -2.42. The summed E-state index contributed by atoms with van der Waals surface area (Å²) in [6.45, 7) is 5.16. The number of carbonyl (C=O) groups is 2. The summed E-state index contributed by atoms with van der Waals surface area (Å²) in [4.78, 5) is 41.5.